The van der Waals surface area contributed by atoms with Gasteiger partial charge in [-0.3, -0.25) is 4.98 Å². The van der Waals surface area contributed by atoms with Crippen LogP contribution < -0.4 is 5.32 Å². The molecule has 3 aromatic heterocycles. The van der Waals surface area contributed by atoms with Crippen molar-refractivity contribution in [2.75, 3.05) is 5.32 Å². The highest BCUT2D eigenvalue weighted by Crippen LogP contribution is 2.34. The highest BCUT2D eigenvalue weighted by molar-refractivity contribution is 5.84. The van der Waals surface area contributed by atoms with Gasteiger partial charge in [0.05, 0.1) is 12.0 Å². The van der Waals surface area contributed by atoms with E-state index in [0.717, 1.165) is 0 Å². The van der Waals surface area contributed by atoms with Gasteiger partial charge in [-0.1, -0.05) is 41.9 Å². The van der Waals surface area contributed by atoms with Crippen molar-refractivity contribution in [2.45, 2.75) is 12.5 Å². The molecule has 1 unspecified atom stereocenters. The zero-order chi connectivity index (χ0) is 22.5. The molecular formula is C23H16FN5O3. The quantitative estimate of drug-likeness (QED) is 0.327. The van der Waals surface area contributed by atoms with E-state index in [1.165, 1.54) is 24.6 Å². The number of aliphatic carboxylic acids is 1. The normalized spacial score (nSPS) is 11.5. The van der Waals surface area contributed by atoms with Crippen molar-refractivity contribution in [3.63, 3.8) is 0 Å². The summed E-state index contributed by atoms with van der Waals surface area (Å²) < 4.78 is 19.1. The van der Waals surface area contributed by atoms with E-state index in [4.69, 9.17) is 11.0 Å². The average Bonchev–Trinajstić information content (AvgIpc) is 3.32. The van der Waals surface area contributed by atoms with Crippen molar-refractivity contribution in [1.82, 2.24) is 15.0 Å². The van der Waals surface area contributed by atoms with Gasteiger partial charge in [0.25, 0.3) is 5.82 Å². The van der Waals surface area contributed by atoms with Crippen molar-refractivity contribution in [1.29, 1.82) is 0 Å². The molecule has 0 spiro atoms. The summed E-state index contributed by atoms with van der Waals surface area (Å²) in [6, 6.07) is 13.9. The van der Waals surface area contributed by atoms with Crippen LogP contribution in [0.15, 0.2) is 71.5 Å². The molecule has 158 valence electrons. The number of furan rings is 1. The number of nitrogens with one attached hydrogen (secondary N) is 1. The Morgan fingerprint density at radius 3 is 2.59 bits per heavy atom. The van der Waals surface area contributed by atoms with Crippen LogP contribution in [0.3, 0.4) is 0 Å². The summed E-state index contributed by atoms with van der Waals surface area (Å²) in [5.41, 5.74) is 1.49. The van der Waals surface area contributed by atoms with Crippen LogP contribution in [0.5, 0.6) is 0 Å². The molecule has 0 saturated carbocycles. The number of benzene rings is 1. The predicted octanol–water partition coefficient (Wildman–Crippen LogP) is 4.60. The third kappa shape index (κ3) is 4.44. The Labute approximate surface area is 182 Å². The Bertz CT molecular complexity index is 1290. The fourth-order valence-corrected chi connectivity index (χ4v) is 3.14. The maximum absolute atomic E-state index is 13.9. The fourth-order valence-electron chi connectivity index (χ4n) is 3.14. The number of carbonyl (C=O) groups is 1. The zero-order valence-electron chi connectivity index (χ0n) is 16.6. The monoisotopic (exact) mass is 429 g/mol. The number of nitrogens with zero attached hydrogens (tertiary/aromatic N) is 4. The van der Waals surface area contributed by atoms with Gasteiger partial charge in [0.15, 0.2) is 0 Å². The number of hydrogen-bond acceptors (Lipinski definition) is 6. The number of carboxylic acids is 1. The fraction of sp³-hybridized carbons (Fsp3) is 0.0870. The first kappa shape index (κ1) is 20.7. The van der Waals surface area contributed by atoms with E-state index in [2.05, 4.69) is 25.1 Å². The number of carboxylic acid groups (broad SMARTS) is 1. The molecule has 8 nitrogen and oxygen atoms in total. The van der Waals surface area contributed by atoms with Gasteiger partial charge in [-0.2, -0.15) is 4.39 Å². The van der Waals surface area contributed by atoms with Crippen LogP contribution in [0.25, 0.3) is 27.4 Å². The predicted molar refractivity (Wildman–Crippen MR) is 114 cm³/mol. The molecule has 0 bridgehead atoms. The number of anilines is 1. The van der Waals surface area contributed by atoms with Gasteiger partial charge in [0, 0.05) is 24.2 Å². The van der Waals surface area contributed by atoms with Gasteiger partial charge in [0.1, 0.15) is 17.5 Å². The molecule has 0 fully saturated rings. The number of hydrogen-bond donors (Lipinski definition) is 2. The van der Waals surface area contributed by atoms with Gasteiger partial charge >= 0.3 is 5.97 Å². The van der Waals surface area contributed by atoms with Crippen LogP contribution in [0.2, 0.25) is 0 Å². The molecule has 3 heterocycles. The third-order valence-corrected chi connectivity index (χ3v) is 4.63. The van der Waals surface area contributed by atoms with Gasteiger partial charge < -0.3 is 19.7 Å². The lowest BCUT2D eigenvalue weighted by atomic mass is 10.1. The highest BCUT2D eigenvalue weighted by atomic mass is 19.1. The van der Waals surface area contributed by atoms with Gasteiger partial charge in [-0.05, 0) is 23.8 Å². The smallest absolute Gasteiger partial charge is 0.326 e. The third-order valence-electron chi connectivity index (χ3n) is 4.63. The number of halogens is 1. The van der Waals surface area contributed by atoms with Gasteiger partial charge in [-0.25, -0.2) is 9.78 Å². The van der Waals surface area contributed by atoms with E-state index in [1.54, 1.807) is 36.4 Å². The molecular weight excluding hydrogens is 413 g/mol. The second-order valence-corrected chi connectivity index (χ2v) is 6.76. The minimum Gasteiger partial charge on any atom is -0.480 e. The lowest BCUT2D eigenvalue weighted by molar-refractivity contribution is -0.138. The topological polar surface area (TPSA) is 106 Å². The Morgan fingerprint density at radius 1 is 1.12 bits per heavy atom. The van der Waals surface area contributed by atoms with E-state index in [0.29, 0.717) is 22.6 Å². The van der Waals surface area contributed by atoms with Gasteiger partial charge in [0.2, 0.25) is 11.8 Å². The SMILES string of the molecule is [C-]#[N+]c1nc(NC(Cc2ccco2)C(=O)O)c(-c2ccnc(F)c2)nc1-c1ccccc1. The maximum Gasteiger partial charge on any atom is 0.326 e. The standard InChI is InChI=1S/C23H16FN5O3/c1-25-21-19(14-6-3-2-4-7-14)28-20(15-9-10-26-18(24)12-15)22(29-21)27-17(23(30)31)13-16-8-5-11-32-16/h2-12,17H,13H2,(H,27,29)(H,30,31). The summed E-state index contributed by atoms with van der Waals surface area (Å²) in [7, 11) is 0. The number of aromatic nitrogens is 3. The van der Waals surface area contributed by atoms with E-state index in [1.807, 2.05) is 6.07 Å². The molecule has 1 atom stereocenters. The lowest BCUT2D eigenvalue weighted by Gasteiger charge is -2.16. The minimum atomic E-state index is -1.15. The first-order valence-electron chi connectivity index (χ1n) is 9.53. The van der Waals surface area contributed by atoms with Crippen LogP contribution in [0.1, 0.15) is 5.76 Å². The van der Waals surface area contributed by atoms with E-state index in [-0.39, 0.29) is 23.8 Å². The molecule has 4 rings (SSSR count). The Morgan fingerprint density at radius 2 is 1.94 bits per heavy atom. The van der Waals surface area contributed by atoms with Crippen LogP contribution in [0, 0.1) is 12.5 Å². The zero-order valence-corrected chi connectivity index (χ0v) is 16.6. The maximum atomic E-state index is 13.9. The van der Waals surface area contributed by atoms with Crippen LogP contribution in [-0.2, 0) is 11.2 Å². The van der Waals surface area contributed by atoms with Crippen molar-refractivity contribution in [3.8, 4) is 22.5 Å². The van der Waals surface area contributed by atoms with Crippen molar-refractivity contribution < 1.29 is 18.7 Å². The second-order valence-electron chi connectivity index (χ2n) is 6.76. The second kappa shape index (κ2) is 9.06. The Balaban J connectivity index is 1.84. The van der Waals surface area contributed by atoms with Crippen LogP contribution in [-0.4, -0.2) is 32.1 Å². The molecule has 32 heavy (non-hydrogen) atoms. The van der Waals surface area contributed by atoms with Crippen LogP contribution >= 0.6 is 0 Å². The molecule has 2 N–H and O–H groups in total. The van der Waals surface area contributed by atoms with Crippen molar-refractivity contribution in [2.24, 2.45) is 0 Å². The first-order valence-corrected chi connectivity index (χ1v) is 9.53. The molecule has 0 radical (unpaired) electrons. The van der Waals surface area contributed by atoms with Crippen LogP contribution in [0.4, 0.5) is 16.0 Å². The molecule has 1 aromatic carbocycles. The van der Waals surface area contributed by atoms with E-state index in [9.17, 15) is 14.3 Å². The van der Waals surface area contributed by atoms with E-state index < -0.39 is 18.0 Å². The molecule has 0 amide bonds. The summed E-state index contributed by atoms with van der Waals surface area (Å²) >= 11 is 0. The summed E-state index contributed by atoms with van der Waals surface area (Å²) in [5.74, 6) is -1.39. The molecule has 9 heteroatoms. The summed E-state index contributed by atoms with van der Waals surface area (Å²) in [5, 5.41) is 12.6. The van der Waals surface area contributed by atoms with Crippen molar-refractivity contribution >= 4 is 17.6 Å². The number of pyridine rings is 1. The van der Waals surface area contributed by atoms with Gasteiger partial charge in [-0.15, -0.1) is 0 Å². The Hall–Kier alpha value is -4.58. The first-order chi connectivity index (χ1) is 15.5. The molecule has 0 aliphatic rings. The molecule has 4 aromatic rings. The summed E-state index contributed by atoms with van der Waals surface area (Å²) in [4.78, 5) is 27.9. The minimum absolute atomic E-state index is 0.0147. The van der Waals surface area contributed by atoms with Crippen molar-refractivity contribution in [3.05, 3.63) is 90.2 Å². The highest BCUT2D eigenvalue weighted by Gasteiger charge is 2.26. The summed E-state index contributed by atoms with van der Waals surface area (Å²) in [6.45, 7) is 7.56. The molecule has 0 saturated heterocycles. The largest absolute Gasteiger partial charge is 0.480 e. The average molecular weight is 429 g/mol. The molecule has 0 aliphatic heterocycles. The summed E-state index contributed by atoms with van der Waals surface area (Å²) in [6.07, 6.45) is 2.76. The van der Waals surface area contributed by atoms with E-state index >= 15 is 0 Å². The lowest BCUT2D eigenvalue weighted by Crippen LogP contribution is -2.32. The number of rotatable bonds is 7. The molecule has 0 aliphatic carbocycles. The Kier molecular flexibility index (Phi) is 5.85.